The number of carbonyl (C=O) groups is 2. The zero-order valence-electron chi connectivity index (χ0n) is 17.6. The fraction of sp³-hybridized carbons (Fsp3) is 0.364. The maximum atomic E-state index is 13.4. The van der Waals surface area contributed by atoms with Crippen LogP contribution in [-0.4, -0.2) is 43.2 Å². The summed E-state index contributed by atoms with van der Waals surface area (Å²) in [6.07, 6.45) is 0.261. The number of sulfonamides is 1. The second-order valence-electron chi connectivity index (χ2n) is 7.26. The van der Waals surface area contributed by atoms with Gasteiger partial charge in [-0.1, -0.05) is 18.5 Å². The number of benzene rings is 2. The highest BCUT2D eigenvalue weighted by Crippen LogP contribution is 2.32. The maximum Gasteiger partial charge on any atom is 0.252 e. The third-order valence-corrected chi connectivity index (χ3v) is 7.54. The number of anilines is 1. The first-order valence-corrected chi connectivity index (χ1v) is 11.9. The highest BCUT2D eigenvalue weighted by Gasteiger charge is 2.48. The van der Waals surface area contributed by atoms with Crippen LogP contribution in [0.4, 0.5) is 5.69 Å². The van der Waals surface area contributed by atoms with Gasteiger partial charge in [0.15, 0.2) is 0 Å². The molecule has 2 aromatic rings. The van der Waals surface area contributed by atoms with E-state index in [1.807, 2.05) is 13.8 Å². The van der Waals surface area contributed by atoms with Gasteiger partial charge in [-0.15, -0.1) is 0 Å². The van der Waals surface area contributed by atoms with Crippen molar-refractivity contribution in [2.75, 3.05) is 11.5 Å². The molecule has 166 valence electrons. The van der Waals surface area contributed by atoms with Crippen LogP contribution in [0.2, 0.25) is 5.02 Å². The van der Waals surface area contributed by atoms with Crippen LogP contribution < -0.4 is 9.64 Å². The fourth-order valence-electron chi connectivity index (χ4n) is 3.56. The number of amides is 2. The van der Waals surface area contributed by atoms with Gasteiger partial charge in [0.05, 0.1) is 23.6 Å². The van der Waals surface area contributed by atoms with Crippen LogP contribution in [0.25, 0.3) is 0 Å². The van der Waals surface area contributed by atoms with Gasteiger partial charge in [0, 0.05) is 11.1 Å². The zero-order valence-corrected chi connectivity index (χ0v) is 19.2. The Morgan fingerprint density at radius 1 is 1.10 bits per heavy atom. The van der Waals surface area contributed by atoms with E-state index in [9.17, 15) is 18.0 Å². The Kier molecular flexibility index (Phi) is 7.03. The van der Waals surface area contributed by atoms with E-state index in [-0.39, 0.29) is 11.3 Å². The van der Waals surface area contributed by atoms with Crippen molar-refractivity contribution in [3.63, 3.8) is 0 Å². The average molecular weight is 465 g/mol. The van der Waals surface area contributed by atoms with Crippen molar-refractivity contribution in [3.8, 4) is 5.75 Å². The number of carbonyl (C=O) groups excluding carboxylic acids is 2. The molecular formula is C22H25ClN2O5S. The third-order valence-electron chi connectivity index (χ3n) is 5.25. The molecule has 2 amide bonds. The Morgan fingerprint density at radius 3 is 2.26 bits per heavy atom. The lowest BCUT2D eigenvalue weighted by Crippen LogP contribution is -2.49. The minimum atomic E-state index is -4.03. The van der Waals surface area contributed by atoms with E-state index in [1.165, 1.54) is 24.3 Å². The molecule has 1 aliphatic heterocycles. The molecule has 0 bridgehead atoms. The van der Waals surface area contributed by atoms with Crippen LogP contribution in [0.1, 0.15) is 33.6 Å². The standard InChI is InChI=1S/C22H25ClN2O5S/c1-4-15(3)25(31(28,29)19-12-6-16(23)7-13-19)20-14-21(26)24(22(20)27)17-8-10-18(11-9-17)30-5-2/h6-13,15,20H,4-5,14H2,1-3H3. The lowest BCUT2D eigenvalue weighted by atomic mass is 10.2. The van der Waals surface area contributed by atoms with E-state index in [4.69, 9.17) is 16.3 Å². The quantitative estimate of drug-likeness (QED) is 0.554. The van der Waals surface area contributed by atoms with Gasteiger partial charge in [0.1, 0.15) is 11.8 Å². The van der Waals surface area contributed by atoms with Gasteiger partial charge in [0.2, 0.25) is 15.9 Å². The summed E-state index contributed by atoms with van der Waals surface area (Å²) in [5.41, 5.74) is 0.383. The number of hydrogen-bond acceptors (Lipinski definition) is 5. The van der Waals surface area contributed by atoms with Crippen molar-refractivity contribution >= 4 is 39.1 Å². The van der Waals surface area contributed by atoms with Crippen molar-refractivity contribution < 1.29 is 22.7 Å². The molecule has 1 aliphatic rings. The Bertz CT molecular complexity index is 1050. The zero-order chi connectivity index (χ0) is 22.8. The predicted octanol–water partition coefficient (Wildman–Crippen LogP) is 3.86. The summed E-state index contributed by atoms with van der Waals surface area (Å²) in [5.74, 6) is -0.390. The molecule has 0 aliphatic carbocycles. The van der Waals surface area contributed by atoms with Crippen molar-refractivity contribution in [2.24, 2.45) is 0 Å². The van der Waals surface area contributed by atoms with Crippen LogP contribution >= 0.6 is 11.6 Å². The van der Waals surface area contributed by atoms with E-state index in [0.29, 0.717) is 29.5 Å². The van der Waals surface area contributed by atoms with Crippen LogP contribution in [0.5, 0.6) is 5.75 Å². The monoisotopic (exact) mass is 464 g/mol. The summed E-state index contributed by atoms with van der Waals surface area (Å²) in [5, 5.41) is 0.405. The van der Waals surface area contributed by atoms with Gasteiger partial charge in [0.25, 0.3) is 5.91 Å². The van der Waals surface area contributed by atoms with Gasteiger partial charge >= 0.3 is 0 Å². The molecule has 0 radical (unpaired) electrons. The molecule has 2 atom stereocenters. The molecule has 1 fully saturated rings. The van der Waals surface area contributed by atoms with E-state index >= 15 is 0 Å². The van der Waals surface area contributed by atoms with Crippen molar-refractivity contribution in [1.82, 2.24) is 4.31 Å². The Balaban J connectivity index is 1.96. The van der Waals surface area contributed by atoms with Crippen LogP contribution in [0, 0.1) is 0 Å². The first kappa shape index (κ1) is 23.2. The molecule has 0 spiro atoms. The number of halogens is 1. The molecule has 1 heterocycles. The smallest absolute Gasteiger partial charge is 0.252 e. The highest BCUT2D eigenvalue weighted by atomic mass is 35.5. The Labute approximate surface area is 187 Å². The van der Waals surface area contributed by atoms with E-state index in [0.717, 1.165) is 9.21 Å². The molecule has 0 aromatic heterocycles. The minimum Gasteiger partial charge on any atom is -0.494 e. The lowest BCUT2D eigenvalue weighted by Gasteiger charge is -2.31. The Morgan fingerprint density at radius 2 is 1.71 bits per heavy atom. The van der Waals surface area contributed by atoms with Crippen molar-refractivity contribution in [3.05, 3.63) is 53.6 Å². The summed E-state index contributed by atoms with van der Waals surface area (Å²) >= 11 is 5.90. The molecular weight excluding hydrogens is 440 g/mol. The molecule has 2 aromatic carbocycles. The number of ether oxygens (including phenoxy) is 1. The number of rotatable bonds is 8. The molecule has 0 N–H and O–H groups in total. The summed E-state index contributed by atoms with van der Waals surface area (Å²) in [4.78, 5) is 27.1. The summed E-state index contributed by atoms with van der Waals surface area (Å²) in [7, 11) is -4.03. The second-order valence-corrected chi connectivity index (χ2v) is 9.54. The van der Waals surface area contributed by atoms with Gasteiger partial charge in [-0.05, 0) is 68.8 Å². The van der Waals surface area contributed by atoms with Gasteiger partial charge in [-0.3, -0.25) is 9.59 Å². The minimum absolute atomic E-state index is 0.0250. The normalized spacial score (nSPS) is 18.0. The Hall–Kier alpha value is -2.42. The van der Waals surface area contributed by atoms with Crippen LogP contribution in [-0.2, 0) is 19.6 Å². The molecule has 3 rings (SSSR count). The highest BCUT2D eigenvalue weighted by molar-refractivity contribution is 7.89. The predicted molar refractivity (Wildman–Crippen MR) is 119 cm³/mol. The number of nitrogens with zero attached hydrogens (tertiary/aromatic N) is 2. The van der Waals surface area contributed by atoms with Gasteiger partial charge in [-0.2, -0.15) is 4.31 Å². The van der Waals surface area contributed by atoms with Crippen LogP contribution in [0.3, 0.4) is 0 Å². The summed E-state index contributed by atoms with van der Waals surface area (Å²) in [6.45, 7) is 5.91. The summed E-state index contributed by atoms with van der Waals surface area (Å²) < 4.78 is 33.4. The molecule has 7 nitrogen and oxygen atoms in total. The van der Waals surface area contributed by atoms with E-state index in [1.54, 1.807) is 31.2 Å². The summed E-state index contributed by atoms with van der Waals surface area (Å²) in [6, 6.07) is 10.7. The molecule has 0 saturated carbocycles. The molecule has 1 saturated heterocycles. The van der Waals surface area contributed by atoms with Crippen molar-refractivity contribution in [1.29, 1.82) is 0 Å². The van der Waals surface area contributed by atoms with E-state index in [2.05, 4.69) is 0 Å². The fourth-order valence-corrected chi connectivity index (χ4v) is 5.54. The molecule has 31 heavy (non-hydrogen) atoms. The molecule has 9 heteroatoms. The maximum absolute atomic E-state index is 13.4. The number of imide groups is 1. The van der Waals surface area contributed by atoms with Crippen molar-refractivity contribution in [2.45, 2.75) is 50.6 Å². The van der Waals surface area contributed by atoms with Crippen LogP contribution in [0.15, 0.2) is 53.4 Å². The van der Waals surface area contributed by atoms with Gasteiger partial charge < -0.3 is 4.74 Å². The topological polar surface area (TPSA) is 84.0 Å². The van der Waals surface area contributed by atoms with E-state index < -0.39 is 33.9 Å². The van der Waals surface area contributed by atoms with Gasteiger partial charge in [-0.25, -0.2) is 13.3 Å². The third kappa shape index (κ3) is 4.61. The largest absolute Gasteiger partial charge is 0.494 e. The first-order chi connectivity index (χ1) is 14.7. The first-order valence-electron chi connectivity index (χ1n) is 10.1. The SMILES string of the molecule is CCOc1ccc(N2C(=O)CC(N(C(C)CC)S(=O)(=O)c3ccc(Cl)cc3)C2=O)cc1. The molecule has 2 unspecified atom stereocenters. The lowest BCUT2D eigenvalue weighted by molar-refractivity contribution is -0.122. The average Bonchev–Trinajstić information content (AvgIpc) is 3.02. The second kappa shape index (κ2) is 9.38. The number of hydrogen-bond donors (Lipinski definition) is 0.